The van der Waals surface area contributed by atoms with Crippen molar-refractivity contribution in [2.45, 2.75) is 6.42 Å². The van der Waals surface area contributed by atoms with Gasteiger partial charge in [-0.15, -0.1) is 0 Å². The van der Waals surface area contributed by atoms with Crippen LogP contribution in [0.2, 0.25) is 0 Å². The third-order valence-corrected chi connectivity index (χ3v) is 2.76. The van der Waals surface area contributed by atoms with E-state index >= 15 is 0 Å². The zero-order valence-electron chi connectivity index (χ0n) is 9.57. The van der Waals surface area contributed by atoms with Crippen molar-refractivity contribution in [1.82, 2.24) is 5.43 Å². The molecule has 1 aromatic carbocycles. The lowest BCUT2D eigenvalue weighted by atomic mass is 10.2. The Bertz CT molecular complexity index is 733. The van der Waals surface area contributed by atoms with Gasteiger partial charge in [-0.25, -0.2) is 4.79 Å². The van der Waals surface area contributed by atoms with Crippen LogP contribution in [0.5, 0.6) is 0 Å². The number of benzene rings is 1. The van der Waals surface area contributed by atoms with Crippen LogP contribution in [-0.4, -0.2) is 5.91 Å². The second-order valence-electron chi connectivity index (χ2n) is 3.64. The standard InChI is InChI=1S/C12H8BrN3O3/c13-8-1-2-10-7(5-8)6-9(12(18)19-10)15-16-11(17)3-4-14/h1-2,5-6,15H,3H2,(H,16,17). The molecule has 0 aliphatic rings. The summed E-state index contributed by atoms with van der Waals surface area (Å²) < 4.78 is 5.93. The first kappa shape index (κ1) is 13.1. The van der Waals surface area contributed by atoms with Crippen LogP contribution in [0.3, 0.4) is 0 Å². The predicted molar refractivity (Wildman–Crippen MR) is 72.2 cm³/mol. The highest BCUT2D eigenvalue weighted by Gasteiger charge is 2.06. The molecule has 0 bridgehead atoms. The number of hydrogen-bond donors (Lipinski definition) is 2. The minimum absolute atomic E-state index is 0.0943. The van der Waals surface area contributed by atoms with Gasteiger partial charge in [0.25, 0.3) is 5.91 Å². The van der Waals surface area contributed by atoms with Crippen molar-refractivity contribution in [1.29, 1.82) is 5.26 Å². The largest absolute Gasteiger partial charge is 0.421 e. The van der Waals surface area contributed by atoms with Crippen LogP contribution >= 0.6 is 15.9 Å². The van der Waals surface area contributed by atoms with E-state index < -0.39 is 11.5 Å². The maximum atomic E-state index is 11.6. The Labute approximate surface area is 116 Å². The van der Waals surface area contributed by atoms with Crippen LogP contribution < -0.4 is 16.5 Å². The fourth-order valence-electron chi connectivity index (χ4n) is 1.43. The van der Waals surface area contributed by atoms with E-state index in [9.17, 15) is 9.59 Å². The minimum Gasteiger partial charge on any atom is -0.421 e. The number of fused-ring (bicyclic) bond motifs is 1. The molecular formula is C12H8BrN3O3. The number of carbonyl (C=O) groups is 1. The van der Waals surface area contributed by atoms with Gasteiger partial charge in [0.15, 0.2) is 0 Å². The van der Waals surface area contributed by atoms with Crippen molar-refractivity contribution in [2.24, 2.45) is 0 Å². The average molecular weight is 322 g/mol. The Kier molecular flexibility index (Phi) is 3.82. The quantitative estimate of drug-likeness (QED) is 0.665. The molecule has 0 unspecified atom stereocenters. The van der Waals surface area contributed by atoms with Crippen molar-refractivity contribution in [3.63, 3.8) is 0 Å². The summed E-state index contributed by atoms with van der Waals surface area (Å²) in [6.07, 6.45) is -0.294. The predicted octanol–water partition coefficient (Wildman–Crippen LogP) is 1.91. The van der Waals surface area contributed by atoms with Crippen LogP contribution in [-0.2, 0) is 4.79 Å². The second kappa shape index (κ2) is 5.54. The number of nitriles is 1. The summed E-state index contributed by atoms with van der Waals surface area (Å²) in [6.45, 7) is 0. The summed E-state index contributed by atoms with van der Waals surface area (Å²) in [5, 5.41) is 9.04. The van der Waals surface area contributed by atoms with Gasteiger partial charge in [-0.2, -0.15) is 5.26 Å². The topological polar surface area (TPSA) is 95.1 Å². The number of carbonyl (C=O) groups excluding carboxylic acids is 1. The molecule has 2 aromatic rings. The highest BCUT2D eigenvalue weighted by atomic mass is 79.9. The third-order valence-electron chi connectivity index (χ3n) is 2.27. The first-order valence-electron chi connectivity index (χ1n) is 5.25. The molecule has 1 heterocycles. The van der Waals surface area contributed by atoms with Gasteiger partial charge >= 0.3 is 5.63 Å². The zero-order valence-corrected chi connectivity index (χ0v) is 11.2. The first-order chi connectivity index (χ1) is 9.10. The number of amides is 1. The number of nitrogens with one attached hydrogen (secondary N) is 2. The maximum Gasteiger partial charge on any atom is 0.361 e. The Morgan fingerprint density at radius 1 is 1.42 bits per heavy atom. The lowest BCUT2D eigenvalue weighted by Crippen LogP contribution is -2.31. The summed E-state index contributed by atoms with van der Waals surface area (Å²) in [5.74, 6) is -0.531. The SMILES string of the molecule is N#CCC(=O)NNc1cc2cc(Br)ccc2oc1=O. The molecule has 0 spiro atoms. The molecule has 96 valence electrons. The van der Waals surface area contributed by atoms with Gasteiger partial charge in [0, 0.05) is 9.86 Å². The number of rotatable bonds is 3. The monoisotopic (exact) mass is 321 g/mol. The normalized spacial score (nSPS) is 9.89. The molecule has 2 N–H and O–H groups in total. The Morgan fingerprint density at radius 2 is 2.21 bits per heavy atom. The summed E-state index contributed by atoms with van der Waals surface area (Å²) >= 11 is 3.31. The molecule has 19 heavy (non-hydrogen) atoms. The van der Waals surface area contributed by atoms with Gasteiger partial charge in [-0.3, -0.25) is 15.6 Å². The van der Waals surface area contributed by atoms with Crippen molar-refractivity contribution in [3.8, 4) is 6.07 Å². The third kappa shape index (κ3) is 3.11. The molecule has 0 saturated heterocycles. The number of halogens is 1. The van der Waals surface area contributed by atoms with E-state index in [0.29, 0.717) is 11.0 Å². The van der Waals surface area contributed by atoms with Crippen molar-refractivity contribution in [3.05, 3.63) is 39.2 Å². The zero-order chi connectivity index (χ0) is 13.8. The highest BCUT2D eigenvalue weighted by molar-refractivity contribution is 9.10. The first-order valence-corrected chi connectivity index (χ1v) is 6.04. The maximum absolute atomic E-state index is 11.6. The van der Waals surface area contributed by atoms with E-state index in [0.717, 1.165) is 4.47 Å². The Morgan fingerprint density at radius 3 is 2.95 bits per heavy atom. The Balaban J connectivity index is 2.28. The van der Waals surface area contributed by atoms with Gasteiger partial charge in [0.2, 0.25) is 0 Å². The van der Waals surface area contributed by atoms with Crippen molar-refractivity contribution >= 4 is 38.5 Å². The van der Waals surface area contributed by atoms with Gasteiger partial charge in [0.1, 0.15) is 17.7 Å². The van der Waals surface area contributed by atoms with E-state index in [1.54, 1.807) is 30.3 Å². The van der Waals surface area contributed by atoms with E-state index in [1.807, 2.05) is 0 Å². The molecule has 7 heteroatoms. The van der Waals surface area contributed by atoms with Crippen LogP contribution in [0.4, 0.5) is 5.69 Å². The second-order valence-corrected chi connectivity index (χ2v) is 4.55. The van der Waals surface area contributed by atoms with Gasteiger partial charge in [-0.05, 0) is 24.3 Å². The fourth-order valence-corrected chi connectivity index (χ4v) is 1.81. The molecule has 0 radical (unpaired) electrons. The van der Waals surface area contributed by atoms with Crippen LogP contribution in [0.1, 0.15) is 6.42 Å². The van der Waals surface area contributed by atoms with E-state index in [4.69, 9.17) is 9.68 Å². The van der Waals surface area contributed by atoms with Crippen molar-refractivity contribution in [2.75, 3.05) is 5.43 Å². The van der Waals surface area contributed by atoms with E-state index in [1.165, 1.54) is 0 Å². The number of hydrazine groups is 1. The molecule has 0 aliphatic heterocycles. The number of hydrogen-bond acceptors (Lipinski definition) is 5. The molecule has 1 aromatic heterocycles. The fraction of sp³-hybridized carbons (Fsp3) is 0.0833. The number of nitrogens with zero attached hydrogens (tertiary/aromatic N) is 1. The molecule has 2 rings (SSSR count). The average Bonchev–Trinajstić information content (AvgIpc) is 2.37. The molecular weight excluding hydrogens is 314 g/mol. The van der Waals surface area contributed by atoms with Gasteiger partial charge in [0.05, 0.1) is 6.07 Å². The smallest absolute Gasteiger partial charge is 0.361 e. The molecule has 0 fully saturated rings. The highest BCUT2D eigenvalue weighted by Crippen LogP contribution is 2.20. The molecule has 0 atom stereocenters. The molecule has 0 saturated carbocycles. The van der Waals surface area contributed by atoms with E-state index in [2.05, 4.69) is 26.8 Å². The van der Waals surface area contributed by atoms with Gasteiger partial charge in [-0.1, -0.05) is 15.9 Å². The van der Waals surface area contributed by atoms with Crippen LogP contribution in [0.15, 0.2) is 37.9 Å². The molecule has 0 aliphatic carbocycles. The van der Waals surface area contributed by atoms with Crippen molar-refractivity contribution < 1.29 is 9.21 Å². The summed E-state index contributed by atoms with van der Waals surface area (Å²) in [7, 11) is 0. The molecule has 6 nitrogen and oxygen atoms in total. The summed E-state index contributed by atoms with van der Waals surface area (Å²) in [6, 6.07) is 8.45. The lowest BCUT2D eigenvalue weighted by Gasteiger charge is -2.06. The van der Waals surface area contributed by atoms with E-state index in [-0.39, 0.29) is 12.1 Å². The van der Waals surface area contributed by atoms with Crippen LogP contribution in [0, 0.1) is 11.3 Å². The number of anilines is 1. The van der Waals surface area contributed by atoms with Gasteiger partial charge < -0.3 is 4.42 Å². The van der Waals surface area contributed by atoms with Crippen LogP contribution in [0.25, 0.3) is 11.0 Å². The Hall–Kier alpha value is -2.33. The molecule has 1 amide bonds. The summed E-state index contributed by atoms with van der Waals surface area (Å²) in [4.78, 5) is 22.7. The lowest BCUT2D eigenvalue weighted by molar-refractivity contribution is -0.119. The summed E-state index contributed by atoms with van der Waals surface area (Å²) in [5.41, 5.74) is 4.61. The minimum atomic E-state index is -0.605.